The SMILES string of the molecule is CC(C)C(CNC(=O)C1(c2ccc(Br)cc2)CC1)C(=O)O. The second-order valence-corrected chi connectivity index (χ2v) is 6.90. The number of nitrogens with one attached hydrogen (secondary N) is 1. The molecule has 0 heterocycles. The summed E-state index contributed by atoms with van der Waals surface area (Å²) < 4.78 is 0.980. The molecule has 0 radical (unpaired) electrons. The Morgan fingerprint density at radius 1 is 1.29 bits per heavy atom. The third-order valence-corrected chi connectivity index (χ3v) is 4.71. The lowest BCUT2D eigenvalue weighted by Crippen LogP contribution is -2.40. The van der Waals surface area contributed by atoms with Gasteiger partial charge in [-0.2, -0.15) is 0 Å². The number of benzene rings is 1. The van der Waals surface area contributed by atoms with Crippen LogP contribution in [0.15, 0.2) is 28.7 Å². The van der Waals surface area contributed by atoms with E-state index in [0.29, 0.717) is 0 Å². The van der Waals surface area contributed by atoms with Gasteiger partial charge in [0.1, 0.15) is 0 Å². The molecule has 1 unspecified atom stereocenters. The summed E-state index contributed by atoms with van der Waals surface area (Å²) in [4.78, 5) is 23.6. The van der Waals surface area contributed by atoms with Crippen LogP contribution in [0.4, 0.5) is 0 Å². The first-order valence-electron chi connectivity index (χ1n) is 7.14. The summed E-state index contributed by atoms with van der Waals surface area (Å²) in [6.07, 6.45) is 1.64. The third kappa shape index (κ3) is 3.46. The van der Waals surface area contributed by atoms with Crippen molar-refractivity contribution in [3.05, 3.63) is 34.3 Å². The van der Waals surface area contributed by atoms with Crippen LogP contribution >= 0.6 is 15.9 Å². The van der Waals surface area contributed by atoms with Crippen molar-refractivity contribution >= 4 is 27.8 Å². The van der Waals surface area contributed by atoms with Gasteiger partial charge in [-0.1, -0.05) is 41.9 Å². The molecular formula is C16H20BrNO3. The van der Waals surface area contributed by atoms with E-state index in [1.807, 2.05) is 38.1 Å². The second kappa shape index (κ2) is 6.18. The number of hydrogen-bond donors (Lipinski definition) is 2. The number of carboxylic acid groups (broad SMARTS) is 1. The largest absolute Gasteiger partial charge is 0.481 e. The highest BCUT2D eigenvalue weighted by Crippen LogP contribution is 2.48. The van der Waals surface area contributed by atoms with Crippen molar-refractivity contribution in [2.24, 2.45) is 11.8 Å². The van der Waals surface area contributed by atoms with Gasteiger partial charge in [0.2, 0.25) is 5.91 Å². The molecule has 1 fully saturated rings. The highest BCUT2D eigenvalue weighted by atomic mass is 79.9. The molecule has 2 rings (SSSR count). The van der Waals surface area contributed by atoms with Gasteiger partial charge >= 0.3 is 5.97 Å². The Morgan fingerprint density at radius 2 is 1.86 bits per heavy atom. The molecule has 2 N–H and O–H groups in total. The van der Waals surface area contributed by atoms with Crippen molar-refractivity contribution in [3.8, 4) is 0 Å². The van der Waals surface area contributed by atoms with E-state index in [2.05, 4.69) is 21.2 Å². The molecule has 0 saturated heterocycles. The van der Waals surface area contributed by atoms with E-state index in [-0.39, 0.29) is 18.4 Å². The standard InChI is InChI=1S/C16H20BrNO3/c1-10(2)13(14(19)20)9-18-15(21)16(7-8-16)11-3-5-12(17)6-4-11/h3-6,10,13H,7-9H2,1-2H3,(H,18,21)(H,19,20). The Hall–Kier alpha value is -1.36. The first-order chi connectivity index (χ1) is 9.86. The zero-order valence-corrected chi connectivity index (χ0v) is 13.8. The van der Waals surface area contributed by atoms with Crippen LogP contribution in [-0.2, 0) is 15.0 Å². The highest BCUT2D eigenvalue weighted by Gasteiger charge is 2.51. The van der Waals surface area contributed by atoms with E-state index < -0.39 is 17.3 Å². The van der Waals surface area contributed by atoms with Crippen LogP contribution in [-0.4, -0.2) is 23.5 Å². The number of hydrogen-bond acceptors (Lipinski definition) is 2. The maximum atomic E-state index is 12.4. The van der Waals surface area contributed by atoms with Crippen molar-refractivity contribution in [1.29, 1.82) is 0 Å². The fourth-order valence-electron chi connectivity index (χ4n) is 2.52. The summed E-state index contributed by atoms with van der Waals surface area (Å²) >= 11 is 3.39. The summed E-state index contributed by atoms with van der Waals surface area (Å²) in [5.41, 5.74) is 0.542. The smallest absolute Gasteiger partial charge is 0.308 e. The van der Waals surface area contributed by atoms with Gasteiger partial charge in [0.05, 0.1) is 11.3 Å². The van der Waals surface area contributed by atoms with Crippen molar-refractivity contribution in [3.63, 3.8) is 0 Å². The van der Waals surface area contributed by atoms with Crippen molar-refractivity contribution in [2.75, 3.05) is 6.54 Å². The molecule has 1 atom stereocenters. The zero-order valence-electron chi connectivity index (χ0n) is 12.2. The molecule has 1 saturated carbocycles. The number of aliphatic carboxylic acids is 1. The van der Waals surface area contributed by atoms with Crippen molar-refractivity contribution < 1.29 is 14.7 Å². The fourth-order valence-corrected chi connectivity index (χ4v) is 2.79. The lowest BCUT2D eigenvalue weighted by Gasteiger charge is -2.20. The summed E-state index contributed by atoms with van der Waals surface area (Å²) in [7, 11) is 0. The van der Waals surface area contributed by atoms with Gasteiger partial charge in [-0.3, -0.25) is 9.59 Å². The molecule has 0 bridgehead atoms. The van der Waals surface area contributed by atoms with Crippen LogP contribution in [0.3, 0.4) is 0 Å². The average molecular weight is 354 g/mol. The monoisotopic (exact) mass is 353 g/mol. The van der Waals surface area contributed by atoms with E-state index >= 15 is 0 Å². The van der Waals surface area contributed by atoms with Crippen molar-refractivity contribution in [1.82, 2.24) is 5.32 Å². The zero-order chi connectivity index (χ0) is 15.6. The van der Waals surface area contributed by atoms with E-state index in [9.17, 15) is 9.59 Å². The molecule has 0 spiro atoms. The first-order valence-corrected chi connectivity index (χ1v) is 7.93. The van der Waals surface area contributed by atoms with Crippen molar-refractivity contribution in [2.45, 2.75) is 32.1 Å². The minimum atomic E-state index is -0.862. The van der Waals surface area contributed by atoms with Gasteiger partial charge < -0.3 is 10.4 Å². The number of carbonyl (C=O) groups is 2. The minimum absolute atomic E-state index is 0.00867. The quantitative estimate of drug-likeness (QED) is 0.826. The number of amides is 1. The molecule has 0 aliphatic heterocycles. The predicted molar refractivity (Wildman–Crippen MR) is 84.0 cm³/mol. The number of halogens is 1. The lowest BCUT2D eigenvalue weighted by atomic mass is 9.93. The molecule has 1 aromatic carbocycles. The van der Waals surface area contributed by atoms with Gasteiger partial charge in [-0.15, -0.1) is 0 Å². The maximum Gasteiger partial charge on any atom is 0.308 e. The van der Waals surface area contributed by atoms with Gasteiger partial charge in [-0.25, -0.2) is 0 Å². The van der Waals surface area contributed by atoms with E-state index in [4.69, 9.17) is 5.11 Å². The van der Waals surface area contributed by atoms with Gasteiger partial charge in [0, 0.05) is 11.0 Å². The highest BCUT2D eigenvalue weighted by molar-refractivity contribution is 9.10. The average Bonchev–Trinajstić information content (AvgIpc) is 3.20. The van der Waals surface area contributed by atoms with Gasteiger partial charge in [0.25, 0.3) is 0 Å². The van der Waals surface area contributed by atoms with Crippen LogP contribution in [0, 0.1) is 11.8 Å². The molecule has 1 amide bonds. The lowest BCUT2D eigenvalue weighted by molar-refractivity contribution is -0.143. The Bertz CT molecular complexity index is 535. The molecular weight excluding hydrogens is 334 g/mol. The molecule has 21 heavy (non-hydrogen) atoms. The van der Waals surface area contributed by atoms with Gasteiger partial charge in [0.15, 0.2) is 0 Å². The summed E-state index contributed by atoms with van der Waals surface area (Å²) in [6, 6.07) is 7.76. The van der Waals surface area contributed by atoms with E-state index in [1.165, 1.54) is 0 Å². The fraction of sp³-hybridized carbons (Fsp3) is 0.500. The summed E-state index contributed by atoms with van der Waals surface area (Å²) in [5.74, 6) is -1.48. The molecule has 114 valence electrons. The number of carboxylic acids is 1. The number of rotatable bonds is 6. The topological polar surface area (TPSA) is 66.4 Å². The van der Waals surface area contributed by atoms with Crippen LogP contribution in [0.2, 0.25) is 0 Å². The molecule has 4 nitrogen and oxygen atoms in total. The van der Waals surface area contributed by atoms with Gasteiger partial charge in [-0.05, 0) is 36.5 Å². The predicted octanol–water partition coefficient (Wildman–Crippen LogP) is 2.95. The minimum Gasteiger partial charge on any atom is -0.481 e. The van der Waals surface area contributed by atoms with Crippen LogP contribution < -0.4 is 5.32 Å². The van der Waals surface area contributed by atoms with Crippen LogP contribution in [0.1, 0.15) is 32.3 Å². The molecule has 1 aliphatic carbocycles. The Labute approximate surface area is 133 Å². The Balaban J connectivity index is 2.03. The van der Waals surface area contributed by atoms with Crippen LogP contribution in [0.25, 0.3) is 0 Å². The first kappa shape index (κ1) is 16.0. The van der Waals surface area contributed by atoms with E-state index in [1.54, 1.807) is 0 Å². The summed E-state index contributed by atoms with van der Waals surface area (Å²) in [6.45, 7) is 3.89. The van der Waals surface area contributed by atoms with E-state index in [0.717, 1.165) is 22.9 Å². The second-order valence-electron chi connectivity index (χ2n) is 5.99. The molecule has 5 heteroatoms. The normalized spacial score (nSPS) is 17.3. The Kier molecular flexibility index (Phi) is 4.71. The summed E-state index contributed by atoms with van der Waals surface area (Å²) in [5, 5.41) is 12.0. The maximum absolute atomic E-state index is 12.4. The molecule has 1 aliphatic rings. The van der Waals surface area contributed by atoms with Crippen LogP contribution in [0.5, 0.6) is 0 Å². The Morgan fingerprint density at radius 3 is 2.29 bits per heavy atom. The third-order valence-electron chi connectivity index (χ3n) is 4.19. The molecule has 0 aromatic heterocycles. The molecule has 1 aromatic rings. The number of carbonyl (C=O) groups excluding carboxylic acids is 1.